The highest BCUT2D eigenvalue weighted by Crippen LogP contribution is 2.38. The normalized spacial score (nSPS) is 12.9. The Morgan fingerprint density at radius 3 is 1.29 bits per heavy atom. The molecule has 1 atom stereocenters. The SMILES string of the molecule is CCCCCCCCCCCCC(C(=O)O)C(S)(S)CCCCCCCCCCCC. The van der Waals surface area contributed by atoms with Crippen LogP contribution in [0.25, 0.3) is 0 Å². The van der Waals surface area contributed by atoms with Crippen LogP contribution in [0.5, 0.6) is 0 Å². The van der Waals surface area contributed by atoms with Gasteiger partial charge in [0.25, 0.3) is 0 Å². The maximum absolute atomic E-state index is 11.8. The molecule has 0 bridgehead atoms. The molecular formula is C27H54O2S2. The van der Waals surface area contributed by atoms with E-state index < -0.39 is 16.0 Å². The zero-order valence-electron chi connectivity index (χ0n) is 20.9. The van der Waals surface area contributed by atoms with Gasteiger partial charge in [-0.3, -0.25) is 4.79 Å². The second kappa shape index (κ2) is 22.0. The van der Waals surface area contributed by atoms with E-state index in [1.54, 1.807) is 0 Å². The lowest BCUT2D eigenvalue weighted by atomic mass is 9.93. The van der Waals surface area contributed by atoms with Crippen molar-refractivity contribution in [2.75, 3.05) is 0 Å². The summed E-state index contributed by atoms with van der Waals surface area (Å²) in [7, 11) is 0. The molecule has 0 amide bonds. The summed E-state index contributed by atoms with van der Waals surface area (Å²) in [6.45, 7) is 4.52. The minimum atomic E-state index is -0.729. The molecule has 31 heavy (non-hydrogen) atoms. The number of carboxylic acids is 1. The van der Waals surface area contributed by atoms with Crippen LogP contribution in [0.15, 0.2) is 0 Å². The summed E-state index contributed by atoms with van der Waals surface area (Å²) in [4.78, 5) is 11.8. The van der Waals surface area contributed by atoms with Crippen LogP contribution in [0, 0.1) is 5.92 Å². The summed E-state index contributed by atoms with van der Waals surface area (Å²) < 4.78 is -0.689. The van der Waals surface area contributed by atoms with Crippen molar-refractivity contribution in [3.63, 3.8) is 0 Å². The van der Waals surface area contributed by atoms with Crippen LogP contribution in [0.3, 0.4) is 0 Å². The molecule has 0 radical (unpaired) electrons. The van der Waals surface area contributed by atoms with Gasteiger partial charge in [-0.25, -0.2) is 0 Å². The molecule has 0 aliphatic rings. The van der Waals surface area contributed by atoms with E-state index in [4.69, 9.17) is 25.3 Å². The van der Waals surface area contributed by atoms with Gasteiger partial charge in [0, 0.05) is 0 Å². The van der Waals surface area contributed by atoms with Crippen molar-refractivity contribution in [1.82, 2.24) is 0 Å². The van der Waals surface area contributed by atoms with Crippen LogP contribution in [0.2, 0.25) is 0 Å². The highest BCUT2D eigenvalue weighted by atomic mass is 32.2. The largest absolute Gasteiger partial charge is 0.481 e. The van der Waals surface area contributed by atoms with Gasteiger partial charge in [-0.2, -0.15) is 25.3 Å². The fourth-order valence-electron chi connectivity index (χ4n) is 4.44. The standard InChI is InChI=1S/C27H54O2S2/c1-3-5-7-9-11-13-15-17-19-21-23-25(26(28)29)27(30,31)24-22-20-18-16-14-12-10-8-6-4-2/h25,30-31H,3-24H2,1-2H3,(H,28,29). The van der Waals surface area contributed by atoms with Gasteiger partial charge in [0.2, 0.25) is 0 Å². The molecule has 0 saturated heterocycles. The fraction of sp³-hybridized carbons (Fsp3) is 0.963. The summed E-state index contributed by atoms with van der Waals surface area (Å²) in [6, 6.07) is 0. The van der Waals surface area contributed by atoms with Gasteiger partial charge in [-0.05, 0) is 12.8 Å². The minimum Gasteiger partial charge on any atom is -0.481 e. The maximum atomic E-state index is 11.8. The lowest BCUT2D eigenvalue weighted by Gasteiger charge is -2.29. The summed E-state index contributed by atoms with van der Waals surface area (Å²) in [5, 5.41) is 9.72. The molecule has 0 spiro atoms. The Morgan fingerprint density at radius 2 is 0.935 bits per heavy atom. The van der Waals surface area contributed by atoms with Gasteiger partial charge in [0.05, 0.1) is 10.00 Å². The summed E-state index contributed by atoms with van der Waals surface area (Å²) in [6.07, 6.45) is 27.1. The summed E-state index contributed by atoms with van der Waals surface area (Å²) in [5.41, 5.74) is 0. The van der Waals surface area contributed by atoms with Crippen LogP contribution in [0.1, 0.15) is 155 Å². The molecule has 186 valence electrons. The number of carbonyl (C=O) groups is 1. The third-order valence-electron chi connectivity index (χ3n) is 6.60. The molecule has 0 aliphatic carbocycles. The number of rotatable bonds is 24. The third-order valence-corrected chi connectivity index (χ3v) is 7.67. The van der Waals surface area contributed by atoms with E-state index in [1.807, 2.05) is 0 Å². The monoisotopic (exact) mass is 474 g/mol. The molecule has 1 unspecified atom stereocenters. The van der Waals surface area contributed by atoms with Crippen LogP contribution < -0.4 is 0 Å². The number of hydrogen-bond acceptors (Lipinski definition) is 3. The zero-order valence-corrected chi connectivity index (χ0v) is 22.7. The van der Waals surface area contributed by atoms with Crippen molar-refractivity contribution in [3.8, 4) is 0 Å². The lowest BCUT2D eigenvalue weighted by molar-refractivity contribution is -0.142. The molecular weight excluding hydrogens is 420 g/mol. The molecule has 0 heterocycles. The van der Waals surface area contributed by atoms with Gasteiger partial charge in [0.1, 0.15) is 0 Å². The van der Waals surface area contributed by atoms with Crippen molar-refractivity contribution >= 4 is 31.2 Å². The Balaban J connectivity index is 3.83. The smallest absolute Gasteiger partial charge is 0.308 e. The number of aliphatic carboxylic acids is 1. The number of hydrogen-bond donors (Lipinski definition) is 3. The average molecular weight is 475 g/mol. The molecule has 0 fully saturated rings. The molecule has 0 aliphatic heterocycles. The second-order valence-electron chi connectivity index (χ2n) is 9.67. The Morgan fingerprint density at radius 1 is 0.613 bits per heavy atom. The molecule has 0 aromatic heterocycles. The Bertz CT molecular complexity index is 399. The predicted octanol–water partition coefficient (Wildman–Crippen LogP) is 9.87. The van der Waals surface area contributed by atoms with Crippen molar-refractivity contribution in [3.05, 3.63) is 0 Å². The van der Waals surface area contributed by atoms with Crippen LogP contribution in [-0.4, -0.2) is 15.2 Å². The molecule has 0 aromatic carbocycles. The zero-order chi connectivity index (χ0) is 23.2. The first-order chi connectivity index (χ1) is 15.0. The van der Waals surface area contributed by atoms with Crippen molar-refractivity contribution < 1.29 is 9.90 Å². The molecule has 4 heteroatoms. The number of carboxylic acid groups (broad SMARTS) is 1. The lowest BCUT2D eigenvalue weighted by Crippen LogP contribution is -2.33. The summed E-state index contributed by atoms with van der Waals surface area (Å²) >= 11 is 9.39. The molecule has 0 saturated carbocycles. The number of unbranched alkanes of at least 4 members (excludes halogenated alkanes) is 18. The van der Waals surface area contributed by atoms with Crippen molar-refractivity contribution in [2.24, 2.45) is 5.92 Å². The summed E-state index contributed by atoms with van der Waals surface area (Å²) in [5.74, 6) is -1.18. The van der Waals surface area contributed by atoms with E-state index in [2.05, 4.69) is 13.8 Å². The van der Waals surface area contributed by atoms with Gasteiger partial charge in [-0.1, -0.05) is 142 Å². The van der Waals surface area contributed by atoms with Gasteiger partial charge >= 0.3 is 5.97 Å². The molecule has 2 nitrogen and oxygen atoms in total. The van der Waals surface area contributed by atoms with E-state index in [0.29, 0.717) is 6.42 Å². The third kappa shape index (κ3) is 19.4. The first-order valence-corrected chi connectivity index (χ1v) is 14.5. The molecule has 0 aromatic rings. The quantitative estimate of drug-likeness (QED) is 0.0739. The molecule has 0 rings (SSSR count). The predicted molar refractivity (Wildman–Crippen MR) is 145 cm³/mol. The Labute approximate surface area is 205 Å². The van der Waals surface area contributed by atoms with E-state index in [9.17, 15) is 9.90 Å². The van der Waals surface area contributed by atoms with Gasteiger partial charge in [0.15, 0.2) is 0 Å². The van der Waals surface area contributed by atoms with Gasteiger partial charge in [-0.15, -0.1) is 0 Å². The Hall–Kier alpha value is 0.170. The van der Waals surface area contributed by atoms with Crippen molar-refractivity contribution in [2.45, 2.75) is 159 Å². The molecule has 1 N–H and O–H groups in total. The van der Waals surface area contributed by atoms with E-state index in [-0.39, 0.29) is 0 Å². The van der Waals surface area contributed by atoms with Gasteiger partial charge < -0.3 is 5.11 Å². The highest BCUT2D eigenvalue weighted by molar-refractivity contribution is 8.00. The van der Waals surface area contributed by atoms with E-state index >= 15 is 0 Å². The minimum absolute atomic E-state index is 0.452. The van der Waals surface area contributed by atoms with Crippen molar-refractivity contribution in [1.29, 1.82) is 0 Å². The second-order valence-corrected chi connectivity index (χ2v) is 11.6. The van der Waals surface area contributed by atoms with Crippen LogP contribution in [-0.2, 0) is 4.79 Å². The first-order valence-electron chi connectivity index (χ1n) is 13.6. The van der Waals surface area contributed by atoms with Crippen LogP contribution >= 0.6 is 25.3 Å². The van der Waals surface area contributed by atoms with Crippen LogP contribution in [0.4, 0.5) is 0 Å². The van der Waals surface area contributed by atoms with E-state index in [1.165, 1.54) is 109 Å². The number of thiol groups is 2. The maximum Gasteiger partial charge on any atom is 0.308 e. The topological polar surface area (TPSA) is 37.3 Å². The highest BCUT2D eigenvalue weighted by Gasteiger charge is 2.36. The van der Waals surface area contributed by atoms with E-state index in [0.717, 1.165) is 25.7 Å². The first kappa shape index (κ1) is 31.2. The Kier molecular flexibility index (Phi) is 22.1. The fourth-order valence-corrected chi connectivity index (χ4v) is 5.23. The average Bonchev–Trinajstić information content (AvgIpc) is 2.73.